The van der Waals surface area contributed by atoms with Crippen molar-refractivity contribution in [1.29, 1.82) is 0 Å². The zero-order chi connectivity index (χ0) is 13.4. The van der Waals surface area contributed by atoms with E-state index in [0.717, 1.165) is 19.3 Å². The minimum absolute atomic E-state index is 0.00220. The van der Waals surface area contributed by atoms with E-state index < -0.39 is 0 Å². The lowest BCUT2D eigenvalue weighted by molar-refractivity contribution is -0.123. The van der Waals surface area contributed by atoms with Gasteiger partial charge in [-0.1, -0.05) is 32.8 Å². The largest absolute Gasteiger partial charge is 0.352 e. The van der Waals surface area contributed by atoms with Crippen LogP contribution in [0.25, 0.3) is 0 Å². The molecule has 4 nitrogen and oxygen atoms in total. The fourth-order valence-corrected chi connectivity index (χ4v) is 2.53. The first kappa shape index (κ1) is 14.7. The van der Waals surface area contributed by atoms with E-state index >= 15 is 0 Å². The third kappa shape index (κ3) is 4.51. The SMILES string of the molecule is C=CC(=O)NCCC(=O)NC1(CC)CCCCC1. The van der Waals surface area contributed by atoms with Crippen LogP contribution in [0, 0.1) is 0 Å². The Kier molecular flexibility index (Phi) is 5.89. The normalized spacial score (nSPS) is 17.8. The molecule has 0 aromatic heterocycles. The highest BCUT2D eigenvalue weighted by molar-refractivity contribution is 5.87. The van der Waals surface area contributed by atoms with E-state index in [-0.39, 0.29) is 17.4 Å². The zero-order valence-corrected chi connectivity index (χ0v) is 11.3. The summed E-state index contributed by atoms with van der Waals surface area (Å²) in [6, 6.07) is 0. The van der Waals surface area contributed by atoms with Gasteiger partial charge in [0.2, 0.25) is 11.8 Å². The molecule has 18 heavy (non-hydrogen) atoms. The molecule has 0 heterocycles. The summed E-state index contributed by atoms with van der Waals surface area (Å²) in [4.78, 5) is 22.8. The number of nitrogens with one attached hydrogen (secondary N) is 2. The van der Waals surface area contributed by atoms with Crippen molar-refractivity contribution >= 4 is 11.8 Å². The maximum Gasteiger partial charge on any atom is 0.243 e. The lowest BCUT2D eigenvalue weighted by atomic mass is 9.79. The molecule has 0 bridgehead atoms. The zero-order valence-electron chi connectivity index (χ0n) is 11.3. The molecule has 0 unspecified atom stereocenters. The van der Waals surface area contributed by atoms with Crippen molar-refractivity contribution in [3.63, 3.8) is 0 Å². The van der Waals surface area contributed by atoms with Gasteiger partial charge in [-0.25, -0.2) is 0 Å². The van der Waals surface area contributed by atoms with E-state index in [0.29, 0.717) is 13.0 Å². The van der Waals surface area contributed by atoms with Crippen molar-refractivity contribution in [2.45, 2.75) is 57.4 Å². The van der Waals surface area contributed by atoms with Crippen molar-refractivity contribution in [3.05, 3.63) is 12.7 Å². The minimum Gasteiger partial charge on any atom is -0.352 e. The second-order valence-electron chi connectivity index (χ2n) is 4.99. The predicted octanol–water partition coefficient (Wildman–Crippen LogP) is 1.91. The van der Waals surface area contributed by atoms with Crippen molar-refractivity contribution < 1.29 is 9.59 Å². The third-order valence-corrected chi connectivity index (χ3v) is 3.73. The number of carbonyl (C=O) groups excluding carboxylic acids is 2. The molecule has 0 aromatic carbocycles. The number of rotatable bonds is 6. The van der Waals surface area contributed by atoms with Crippen LogP contribution in [0.2, 0.25) is 0 Å². The number of amides is 2. The maximum absolute atomic E-state index is 11.9. The summed E-state index contributed by atoms with van der Waals surface area (Å²) in [6.07, 6.45) is 8.35. The molecule has 1 rings (SSSR count). The first-order valence-electron chi connectivity index (χ1n) is 6.83. The molecule has 4 heteroatoms. The molecule has 0 spiro atoms. The Hall–Kier alpha value is -1.32. The van der Waals surface area contributed by atoms with E-state index in [9.17, 15) is 9.59 Å². The van der Waals surface area contributed by atoms with Crippen LogP contribution in [0.5, 0.6) is 0 Å². The molecule has 102 valence electrons. The van der Waals surface area contributed by atoms with Gasteiger partial charge in [0, 0.05) is 18.5 Å². The van der Waals surface area contributed by atoms with Crippen molar-refractivity contribution in [1.82, 2.24) is 10.6 Å². The van der Waals surface area contributed by atoms with Gasteiger partial charge in [0.1, 0.15) is 0 Å². The molecular weight excluding hydrogens is 228 g/mol. The maximum atomic E-state index is 11.9. The van der Waals surface area contributed by atoms with E-state index in [1.165, 1.54) is 25.3 Å². The van der Waals surface area contributed by atoms with Crippen LogP contribution in [0.1, 0.15) is 51.9 Å². The van der Waals surface area contributed by atoms with Crippen molar-refractivity contribution in [2.75, 3.05) is 6.54 Å². The quantitative estimate of drug-likeness (QED) is 0.709. The Labute approximate surface area is 109 Å². The van der Waals surface area contributed by atoms with E-state index in [4.69, 9.17) is 0 Å². The second kappa shape index (κ2) is 7.19. The van der Waals surface area contributed by atoms with Gasteiger partial charge in [-0.05, 0) is 25.3 Å². The molecule has 1 aliphatic carbocycles. The van der Waals surface area contributed by atoms with Gasteiger partial charge in [-0.15, -0.1) is 0 Å². The van der Waals surface area contributed by atoms with Gasteiger partial charge in [0.05, 0.1) is 0 Å². The van der Waals surface area contributed by atoms with Crippen molar-refractivity contribution in [2.24, 2.45) is 0 Å². The van der Waals surface area contributed by atoms with Crippen LogP contribution in [0.15, 0.2) is 12.7 Å². The standard InChI is InChI=1S/C14H24N2O2/c1-3-12(17)15-11-8-13(18)16-14(4-2)9-6-5-7-10-14/h3H,1,4-11H2,2H3,(H,15,17)(H,16,18). The van der Waals surface area contributed by atoms with Crippen LogP contribution in [-0.4, -0.2) is 23.9 Å². The third-order valence-electron chi connectivity index (χ3n) is 3.73. The van der Waals surface area contributed by atoms with Crippen LogP contribution >= 0.6 is 0 Å². The molecule has 0 atom stereocenters. The summed E-state index contributed by atoms with van der Waals surface area (Å²) >= 11 is 0. The summed E-state index contributed by atoms with van der Waals surface area (Å²) in [5.74, 6) is -0.200. The topological polar surface area (TPSA) is 58.2 Å². The highest BCUT2D eigenvalue weighted by Gasteiger charge is 2.31. The summed E-state index contributed by atoms with van der Waals surface area (Å²) < 4.78 is 0. The Morgan fingerprint density at radius 3 is 2.50 bits per heavy atom. The number of carbonyl (C=O) groups is 2. The lowest BCUT2D eigenvalue weighted by Gasteiger charge is -2.37. The minimum atomic E-state index is -0.231. The number of hydrogen-bond donors (Lipinski definition) is 2. The Bertz CT molecular complexity index is 307. The molecular formula is C14H24N2O2. The second-order valence-corrected chi connectivity index (χ2v) is 4.99. The van der Waals surface area contributed by atoms with Gasteiger partial charge in [0.25, 0.3) is 0 Å². The Morgan fingerprint density at radius 1 is 1.28 bits per heavy atom. The number of hydrogen-bond acceptors (Lipinski definition) is 2. The van der Waals surface area contributed by atoms with Crippen LogP contribution in [0.3, 0.4) is 0 Å². The van der Waals surface area contributed by atoms with Crippen LogP contribution in [0.4, 0.5) is 0 Å². The van der Waals surface area contributed by atoms with Gasteiger partial charge in [-0.3, -0.25) is 9.59 Å². The first-order valence-corrected chi connectivity index (χ1v) is 6.83. The molecule has 1 fully saturated rings. The summed E-state index contributed by atoms with van der Waals surface area (Å²) in [6.45, 7) is 5.87. The van der Waals surface area contributed by atoms with Crippen molar-refractivity contribution in [3.8, 4) is 0 Å². The molecule has 2 N–H and O–H groups in total. The molecule has 1 aliphatic rings. The fourth-order valence-electron chi connectivity index (χ4n) is 2.53. The van der Waals surface area contributed by atoms with Crippen LogP contribution < -0.4 is 10.6 Å². The molecule has 1 saturated carbocycles. The average molecular weight is 252 g/mol. The monoisotopic (exact) mass is 252 g/mol. The highest BCUT2D eigenvalue weighted by atomic mass is 16.2. The molecule has 0 aromatic rings. The smallest absolute Gasteiger partial charge is 0.243 e. The van der Waals surface area contributed by atoms with E-state index in [2.05, 4.69) is 24.1 Å². The lowest BCUT2D eigenvalue weighted by Crippen LogP contribution is -2.49. The first-order chi connectivity index (χ1) is 8.62. The van der Waals surface area contributed by atoms with Gasteiger partial charge < -0.3 is 10.6 Å². The molecule has 2 amide bonds. The van der Waals surface area contributed by atoms with Gasteiger partial charge in [0.15, 0.2) is 0 Å². The highest BCUT2D eigenvalue weighted by Crippen LogP contribution is 2.30. The van der Waals surface area contributed by atoms with E-state index in [1.54, 1.807) is 0 Å². The van der Waals surface area contributed by atoms with E-state index in [1.807, 2.05) is 0 Å². The average Bonchev–Trinajstić information content (AvgIpc) is 2.39. The summed E-state index contributed by atoms with van der Waals surface area (Å²) in [7, 11) is 0. The Morgan fingerprint density at radius 2 is 1.94 bits per heavy atom. The summed E-state index contributed by atoms with van der Waals surface area (Å²) in [5.41, 5.74) is -0.00220. The predicted molar refractivity (Wildman–Crippen MR) is 72.1 cm³/mol. The van der Waals surface area contributed by atoms with Gasteiger partial charge >= 0.3 is 0 Å². The van der Waals surface area contributed by atoms with Crippen LogP contribution in [-0.2, 0) is 9.59 Å². The molecule has 0 saturated heterocycles. The fraction of sp³-hybridized carbons (Fsp3) is 0.714. The van der Waals surface area contributed by atoms with Gasteiger partial charge in [-0.2, -0.15) is 0 Å². The Balaban J connectivity index is 2.33. The summed E-state index contributed by atoms with van der Waals surface area (Å²) in [5, 5.41) is 5.77. The molecule has 0 radical (unpaired) electrons. The molecule has 0 aliphatic heterocycles.